The van der Waals surface area contributed by atoms with Crippen LogP contribution in [0.3, 0.4) is 0 Å². The zero-order chi connectivity index (χ0) is 19.1. The van der Waals surface area contributed by atoms with Gasteiger partial charge in [0, 0.05) is 29.6 Å². The molecule has 1 aromatic carbocycles. The summed E-state index contributed by atoms with van der Waals surface area (Å²) in [4.78, 5) is 4.18. The molecule has 0 spiro atoms. The lowest BCUT2D eigenvalue weighted by Gasteiger charge is -2.09. The van der Waals surface area contributed by atoms with Gasteiger partial charge in [-0.1, -0.05) is 20.8 Å². The van der Waals surface area contributed by atoms with Crippen LogP contribution in [0.4, 0.5) is 4.39 Å². The fraction of sp³-hybridized carbons (Fsp3) is 0.333. The van der Waals surface area contributed by atoms with E-state index in [1.807, 2.05) is 26.0 Å². The summed E-state index contributed by atoms with van der Waals surface area (Å²) in [7, 11) is 0. The Morgan fingerprint density at radius 2 is 1.74 bits per heavy atom. The predicted octanol–water partition coefficient (Wildman–Crippen LogP) is 5.02. The van der Waals surface area contributed by atoms with Crippen LogP contribution in [-0.4, -0.2) is 26.9 Å². The molecular formula is C21H29FN4O. The lowest BCUT2D eigenvalue weighted by Crippen LogP contribution is -2.07. The first-order valence-corrected chi connectivity index (χ1v) is 8.75. The summed E-state index contributed by atoms with van der Waals surface area (Å²) in [5.41, 5.74) is 4.76. The summed E-state index contributed by atoms with van der Waals surface area (Å²) in [5, 5.41) is 15.6. The van der Waals surface area contributed by atoms with Crippen molar-refractivity contribution in [2.24, 2.45) is 11.8 Å². The van der Waals surface area contributed by atoms with Gasteiger partial charge in [-0.3, -0.25) is 10.1 Å². The van der Waals surface area contributed by atoms with Crippen LogP contribution in [0.1, 0.15) is 26.5 Å². The number of aliphatic hydroxyl groups excluding tert-OH is 1. The Hall–Kier alpha value is -2.57. The fourth-order valence-corrected chi connectivity index (χ4v) is 2.27. The van der Waals surface area contributed by atoms with Gasteiger partial charge in [-0.2, -0.15) is 5.10 Å². The summed E-state index contributed by atoms with van der Waals surface area (Å²) in [6.07, 6.45) is 3.54. The van der Waals surface area contributed by atoms with Crippen LogP contribution in [-0.2, 0) is 0 Å². The van der Waals surface area contributed by atoms with Crippen LogP contribution < -0.4 is 6.15 Å². The van der Waals surface area contributed by atoms with Crippen LogP contribution in [0, 0.1) is 24.6 Å². The molecule has 0 amide bonds. The molecule has 6 heteroatoms. The van der Waals surface area contributed by atoms with E-state index < -0.39 is 0 Å². The molecule has 0 aliphatic heterocycles. The van der Waals surface area contributed by atoms with Gasteiger partial charge in [0.2, 0.25) is 0 Å². The molecule has 3 rings (SSSR count). The maximum Gasteiger partial charge on any atom is 0.123 e. The highest BCUT2D eigenvalue weighted by atomic mass is 19.1. The van der Waals surface area contributed by atoms with Gasteiger partial charge in [0.15, 0.2) is 0 Å². The minimum absolute atomic E-state index is 0. The van der Waals surface area contributed by atoms with Gasteiger partial charge in [-0.05, 0) is 60.7 Å². The number of benzene rings is 1. The average Bonchev–Trinajstić information content (AvgIpc) is 3.12. The summed E-state index contributed by atoms with van der Waals surface area (Å²) < 4.78 is 13.0. The van der Waals surface area contributed by atoms with Gasteiger partial charge in [-0.25, -0.2) is 4.39 Å². The number of aliphatic hydroxyl groups is 1. The van der Waals surface area contributed by atoms with E-state index in [1.54, 1.807) is 24.5 Å². The lowest BCUT2D eigenvalue weighted by molar-refractivity contribution is 0.203. The molecule has 1 atom stereocenters. The Kier molecular flexibility index (Phi) is 8.78. The first-order chi connectivity index (χ1) is 12.4. The quantitative estimate of drug-likeness (QED) is 0.599. The van der Waals surface area contributed by atoms with Gasteiger partial charge >= 0.3 is 0 Å². The summed E-state index contributed by atoms with van der Waals surface area (Å²) in [6.45, 7) is 8.53. The SMILES string of the molecule is CC(C)C(C)CO.Cc1cc(-c2cn[nH]c2-c2ccc(F)cc2)ccn1.N. The second-order valence-corrected chi connectivity index (χ2v) is 6.76. The van der Waals surface area contributed by atoms with Crippen molar-refractivity contribution >= 4 is 0 Å². The van der Waals surface area contributed by atoms with Crippen LogP contribution in [0.15, 0.2) is 48.8 Å². The van der Waals surface area contributed by atoms with Gasteiger partial charge < -0.3 is 11.3 Å². The van der Waals surface area contributed by atoms with E-state index in [9.17, 15) is 4.39 Å². The molecule has 2 heterocycles. The monoisotopic (exact) mass is 372 g/mol. The second kappa shape index (κ2) is 10.5. The highest BCUT2D eigenvalue weighted by Crippen LogP contribution is 2.30. The van der Waals surface area contributed by atoms with Crippen molar-refractivity contribution in [2.75, 3.05) is 6.61 Å². The van der Waals surface area contributed by atoms with Gasteiger partial charge in [0.25, 0.3) is 0 Å². The van der Waals surface area contributed by atoms with Crippen LogP contribution in [0.25, 0.3) is 22.4 Å². The molecule has 0 radical (unpaired) electrons. The van der Waals surface area contributed by atoms with Crippen molar-refractivity contribution in [2.45, 2.75) is 27.7 Å². The van der Waals surface area contributed by atoms with Crippen molar-refractivity contribution < 1.29 is 9.50 Å². The summed E-state index contributed by atoms with van der Waals surface area (Å²) in [5.74, 6) is 0.828. The first-order valence-electron chi connectivity index (χ1n) is 8.75. The normalized spacial score (nSPS) is 11.4. The van der Waals surface area contributed by atoms with Crippen molar-refractivity contribution in [1.82, 2.24) is 21.3 Å². The predicted molar refractivity (Wildman–Crippen MR) is 108 cm³/mol. The number of nitrogens with one attached hydrogen (secondary N) is 1. The van der Waals surface area contributed by atoms with Crippen molar-refractivity contribution in [3.8, 4) is 22.4 Å². The van der Waals surface area contributed by atoms with Crippen molar-refractivity contribution in [3.05, 3.63) is 60.3 Å². The fourth-order valence-electron chi connectivity index (χ4n) is 2.27. The molecule has 0 fully saturated rings. The Balaban J connectivity index is 0.000000395. The average molecular weight is 372 g/mol. The summed E-state index contributed by atoms with van der Waals surface area (Å²) >= 11 is 0. The number of hydrogen-bond acceptors (Lipinski definition) is 4. The number of nitrogens with zero attached hydrogens (tertiary/aromatic N) is 2. The Morgan fingerprint density at radius 3 is 2.26 bits per heavy atom. The third kappa shape index (κ3) is 6.27. The highest BCUT2D eigenvalue weighted by Gasteiger charge is 2.10. The molecule has 5 nitrogen and oxygen atoms in total. The lowest BCUT2D eigenvalue weighted by atomic mass is 10.00. The Bertz CT molecular complexity index is 815. The molecule has 2 aromatic heterocycles. The minimum atomic E-state index is -0.246. The smallest absolute Gasteiger partial charge is 0.123 e. The van der Waals surface area contributed by atoms with Crippen LogP contribution >= 0.6 is 0 Å². The summed E-state index contributed by atoms with van der Waals surface area (Å²) in [6, 6.07) is 10.3. The topological polar surface area (TPSA) is 96.8 Å². The molecule has 146 valence electrons. The molecule has 0 aliphatic carbocycles. The van der Waals surface area contributed by atoms with Gasteiger partial charge in [0.1, 0.15) is 5.82 Å². The molecule has 27 heavy (non-hydrogen) atoms. The molecular weight excluding hydrogens is 343 g/mol. The number of rotatable bonds is 4. The number of H-pyrrole nitrogens is 1. The number of aryl methyl sites for hydroxylation is 1. The van der Waals surface area contributed by atoms with E-state index in [0.29, 0.717) is 18.4 Å². The molecule has 1 unspecified atom stereocenters. The molecule has 0 aliphatic rings. The van der Waals surface area contributed by atoms with Gasteiger partial charge in [-0.15, -0.1) is 0 Å². The van der Waals surface area contributed by atoms with E-state index in [0.717, 1.165) is 28.1 Å². The number of halogens is 1. The molecule has 3 aromatic rings. The number of pyridine rings is 1. The number of hydrogen-bond donors (Lipinski definition) is 3. The number of aromatic nitrogens is 3. The highest BCUT2D eigenvalue weighted by molar-refractivity contribution is 5.80. The second-order valence-electron chi connectivity index (χ2n) is 6.76. The Morgan fingerprint density at radius 1 is 1.07 bits per heavy atom. The third-order valence-corrected chi connectivity index (χ3v) is 4.41. The molecule has 0 saturated carbocycles. The molecule has 0 bridgehead atoms. The van der Waals surface area contributed by atoms with E-state index in [2.05, 4.69) is 29.0 Å². The third-order valence-electron chi connectivity index (χ3n) is 4.41. The zero-order valence-corrected chi connectivity index (χ0v) is 16.4. The number of aromatic amines is 1. The maximum absolute atomic E-state index is 13.0. The van der Waals surface area contributed by atoms with Crippen molar-refractivity contribution in [1.29, 1.82) is 0 Å². The van der Waals surface area contributed by atoms with Crippen LogP contribution in [0.5, 0.6) is 0 Å². The van der Waals surface area contributed by atoms with Gasteiger partial charge in [0.05, 0.1) is 11.9 Å². The molecule has 5 N–H and O–H groups in total. The van der Waals surface area contributed by atoms with E-state index in [4.69, 9.17) is 5.11 Å². The Labute approximate surface area is 160 Å². The standard InChI is InChI=1S/C15H12FN3.C6H14O.H3N/c1-10-8-12(6-7-17-10)14-9-18-19-15(14)11-2-4-13(16)5-3-11;1-5(2)6(3)4-7;/h2-9H,1H3,(H,18,19);5-7H,4H2,1-3H3;1H3. The zero-order valence-electron chi connectivity index (χ0n) is 16.4. The van der Waals surface area contributed by atoms with E-state index in [-0.39, 0.29) is 12.0 Å². The first kappa shape index (κ1) is 22.5. The van der Waals surface area contributed by atoms with E-state index >= 15 is 0 Å². The maximum atomic E-state index is 13.0. The van der Waals surface area contributed by atoms with Crippen molar-refractivity contribution in [3.63, 3.8) is 0 Å². The minimum Gasteiger partial charge on any atom is -0.396 e. The largest absolute Gasteiger partial charge is 0.396 e. The van der Waals surface area contributed by atoms with Crippen LogP contribution in [0.2, 0.25) is 0 Å². The van der Waals surface area contributed by atoms with E-state index in [1.165, 1.54) is 12.1 Å². The molecule has 0 saturated heterocycles.